The molecule has 0 radical (unpaired) electrons. The van der Waals surface area contributed by atoms with E-state index < -0.39 is 0 Å². The standard InChI is InChI=1S/C18H23FN4O2/c1-2-17(24)13-7-9-22(10-8-13)18(25)16-12-23(21-20-16)11-14-5-3-4-6-15(14)19/h3-6,12-13,17,24H,2,7-11H2,1H3/t17-/m0/s1. The van der Waals surface area contributed by atoms with Crippen LogP contribution in [0.5, 0.6) is 0 Å². The van der Waals surface area contributed by atoms with Gasteiger partial charge in [-0.1, -0.05) is 30.3 Å². The van der Waals surface area contributed by atoms with Crippen LogP contribution in [0.15, 0.2) is 30.5 Å². The molecule has 1 atom stereocenters. The maximum Gasteiger partial charge on any atom is 0.276 e. The smallest absolute Gasteiger partial charge is 0.276 e. The van der Waals surface area contributed by atoms with Gasteiger partial charge in [-0.2, -0.15) is 0 Å². The molecule has 1 saturated heterocycles. The molecule has 3 rings (SSSR count). The van der Waals surface area contributed by atoms with Crippen molar-refractivity contribution in [2.24, 2.45) is 5.92 Å². The van der Waals surface area contributed by atoms with Crippen molar-refractivity contribution < 1.29 is 14.3 Å². The molecule has 2 heterocycles. The molecule has 6 nitrogen and oxygen atoms in total. The number of aromatic nitrogens is 3. The Hall–Kier alpha value is -2.28. The number of rotatable bonds is 5. The minimum atomic E-state index is -0.303. The molecule has 0 unspecified atom stereocenters. The summed E-state index contributed by atoms with van der Waals surface area (Å²) in [5, 5.41) is 17.8. The highest BCUT2D eigenvalue weighted by atomic mass is 19.1. The summed E-state index contributed by atoms with van der Waals surface area (Å²) in [5.41, 5.74) is 0.770. The van der Waals surface area contributed by atoms with Gasteiger partial charge in [-0.25, -0.2) is 9.07 Å². The first-order valence-electron chi connectivity index (χ1n) is 8.69. The fraction of sp³-hybridized carbons (Fsp3) is 0.500. The number of hydrogen-bond donors (Lipinski definition) is 1. The van der Waals surface area contributed by atoms with Gasteiger partial charge in [0, 0.05) is 18.7 Å². The minimum Gasteiger partial charge on any atom is -0.393 e. The van der Waals surface area contributed by atoms with Gasteiger partial charge in [-0.3, -0.25) is 4.79 Å². The average Bonchev–Trinajstić information content (AvgIpc) is 3.11. The van der Waals surface area contributed by atoms with E-state index in [0.717, 1.165) is 19.3 Å². The summed E-state index contributed by atoms with van der Waals surface area (Å²) < 4.78 is 15.2. The molecule has 0 bridgehead atoms. The Balaban J connectivity index is 1.61. The van der Waals surface area contributed by atoms with E-state index in [1.54, 1.807) is 29.3 Å². The number of aliphatic hydroxyl groups excluding tert-OH is 1. The molecule has 2 aromatic rings. The number of nitrogens with zero attached hydrogens (tertiary/aromatic N) is 4. The van der Waals surface area contributed by atoms with Gasteiger partial charge in [0.05, 0.1) is 18.8 Å². The topological polar surface area (TPSA) is 71.2 Å². The molecule has 1 aromatic carbocycles. The van der Waals surface area contributed by atoms with Crippen LogP contribution in [0.25, 0.3) is 0 Å². The lowest BCUT2D eigenvalue weighted by Gasteiger charge is -2.33. The van der Waals surface area contributed by atoms with Crippen LogP contribution in [0.4, 0.5) is 4.39 Å². The largest absolute Gasteiger partial charge is 0.393 e. The SMILES string of the molecule is CC[C@H](O)C1CCN(C(=O)c2cn(Cc3ccccc3F)nn2)CC1. The van der Waals surface area contributed by atoms with E-state index in [0.29, 0.717) is 18.7 Å². The summed E-state index contributed by atoms with van der Waals surface area (Å²) >= 11 is 0. The summed E-state index contributed by atoms with van der Waals surface area (Å²) in [4.78, 5) is 14.3. The van der Waals surface area contributed by atoms with E-state index in [4.69, 9.17) is 0 Å². The van der Waals surface area contributed by atoms with E-state index in [-0.39, 0.29) is 36.0 Å². The first-order chi connectivity index (χ1) is 12.1. The average molecular weight is 346 g/mol. The van der Waals surface area contributed by atoms with E-state index in [1.165, 1.54) is 10.7 Å². The van der Waals surface area contributed by atoms with Crippen LogP contribution < -0.4 is 0 Å². The van der Waals surface area contributed by atoms with Crippen LogP contribution in [0.2, 0.25) is 0 Å². The summed E-state index contributed by atoms with van der Waals surface area (Å²) in [5.74, 6) is -0.211. The van der Waals surface area contributed by atoms with Crippen molar-refractivity contribution in [3.8, 4) is 0 Å². The van der Waals surface area contributed by atoms with Crippen molar-refractivity contribution >= 4 is 5.91 Å². The van der Waals surface area contributed by atoms with Crippen molar-refractivity contribution in [3.63, 3.8) is 0 Å². The summed E-state index contributed by atoms with van der Waals surface area (Å²) in [6.45, 7) is 3.43. The van der Waals surface area contributed by atoms with E-state index in [2.05, 4.69) is 10.3 Å². The lowest BCUT2D eigenvalue weighted by Crippen LogP contribution is -2.41. The number of carbonyl (C=O) groups excluding carboxylic acids is 1. The van der Waals surface area contributed by atoms with Crippen molar-refractivity contribution in [1.29, 1.82) is 0 Å². The number of hydrogen-bond acceptors (Lipinski definition) is 4. The zero-order valence-corrected chi connectivity index (χ0v) is 14.3. The molecule has 1 fully saturated rings. The third-order valence-electron chi connectivity index (χ3n) is 4.84. The zero-order valence-electron chi connectivity index (χ0n) is 14.3. The maximum absolute atomic E-state index is 13.7. The minimum absolute atomic E-state index is 0.163. The molecule has 25 heavy (non-hydrogen) atoms. The van der Waals surface area contributed by atoms with Crippen molar-refractivity contribution in [2.45, 2.75) is 38.8 Å². The monoisotopic (exact) mass is 346 g/mol. The highest BCUT2D eigenvalue weighted by Gasteiger charge is 2.28. The number of amides is 1. The lowest BCUT2D eigenvalue weighted by atomic mass is 9.90. The Morgan fingerprint density at radius 1 is 1.36 bits per heavy atom. The molecule has 0 saturated carbocycles. The van der Waals surface area contributed by atoms with Crippen LogP contribution in [0, 0.1) is 11.7 Å². The molecule has 1 N–H and O–H groups in total. The van der Waals surface area contributed by atoms with Crippen LogP contribution in [0.1, 0.15) is 42.2 Å². The van der Waals surface area contributed by atoms with Gasteiger partial charge in [-0.15, -0.1) is 5.10 Å². The van der Waals surface area contributed by atoms with Crippen LogP contribution in [-0.2, 0) is 6.54 Å². The fourth-order valence-electron chi connectivity index (χ4n) is 3.26. The molecule has 0 aliphatic carbocycles. The second-order valence-electron chi connectivity index (χ2n) is 6.50. The van der Waals surface area contributed by atoms with Gasteiger partial charge in [0.1, 0.15) is 5.82 Å². The summed E-state index contributed by atoms with van der Waals surface area (Å²) in [6, 6.07) is 6.47. The van der Waals surface area contributed by atoms with E-state index in [1.807, 2.05) is 6.92 Å². The zero-order chi connectivity index (χ0) is 17.8. The third-order valence-corrected chi connectivity index (χ3v) is 4.84. The van der Waals surface area contributed by atoms with Crippen LogP contribution in [-0.4, -0.2) is 50.1 Å². The van der Waals surface area contributed by atoms with E-state index >= 15 is 0 Å². The Labute approximate surface area is 146 Å². The quantitative estimate of drug-likeness (QED) is 0.900. The third kappa shape index (κ3) is 4.04. The van der Waals surface area contributed by atoms with Gasteiger partial charge in [-0.05, 0) is 31.2 Å². The summed E-state index contributed by atoms with van der Waals surface area (Å²) in [6.07, 6.45) is 3.60. The predicted molar refractivity (Wildman–Crippen MR) is 90.4 cm³/mol. The normalized spacial score (nSPS) is 16.8. The first kappa shape index (κ1) is 17.5. The molecular formula is C18H23FN4O2. The Kier molecular flexibility index (Phi) is 5.43. The maximum atomic E-state index is 13.7. The molecule has 1 aliphatic heterocycles. The molecule has 0 spiro atoms. The number of likely N-dealkylation sites (tertiary alicyclic amines) is 1. The predicted octanol–water partition coefficient (Wildman–Crippen LogP) is 2.09. The van der Waals surface area contributed by atoms with Crippen molar-refractivity contribution in [1.82, 2.24) is 19.9 Å². The highest BCUT2D eigenvalue weighted by molar-refractivity contribution is 5.92. The van der Waals surface area contributed by atoms with Gasteiger partial charge in [0.25, 0.3) is 5.91 Å². The highest BCUT2D eigenvalue weighted by Crippen LogP contribution is 2.23. The van der Waals surface area contributed by atoms with Gasteiger partial charge in [0.2, 0.25) is 0 Å². The fourth-order valence-corrected chi connectivity index (χ4v) is 3.26. The Morgan fingerprint density at radius 2 is 2.08 bits per heavy atom. The van der Waals surface area contributed by atoms with Gasteiger partial charge < -0.3 is 10.0 Å². The molecule has 1 amide bonds. The first-order valence-corrected chi connectivity index (χ1v) is 8.69. The van der Waals surface area contributed by atoms with E-state index in [9.17, 15) is 14.3 Å². The van der Waals surface area contributed by atoms with Gasteiger partial charge in [0.15, 0.2) is 5.69 Å². The second kappa shape index (κ2) is 7.74. The molecule has 1 aliphatic rings. The summed E-state index contributed by atoms with van der Waals surface area (Å²) in [7, 11) is 0. The lowest BCUT2D eigenvalue weighted by molar-refractivity contribution is 0.0450. The second-order valence-corrected chi connectivity index (χ2v) is 6.50. The number of aliphatic hydroxyl groups is 1. The molecule has 7 heteroatoms. The molecular weight excluding hydrogens is 323 g/mol. The number of carbonyl (C=O) groups is 1. The Morgan fingerprint density at radius 3 is 2.76 bits per heavy atom. The number of halogens is 1. The molecule has 1 aromatic heterocycles. The van der Waals surface area contributed by atoms with Crippen molar-refractivity contribution in [2.75, 3.05) is 13.1 Å². The van der Waals surface area contributed by atoms with Crippen LogP contribution >= 0.6 is 0 Å². The Bertz CT molecular complexity index is 725. The van der Waals surface area contributed by atoms with Crippen LogP contribution in [0.3, 0.4) is 0 Å². The molecule has 134 valence electrons. The van der Waals surface area contributed by atoms with Gasteiger partial charge >= 0.3 is 0 Å². The number of benzene rings is 1. The van der Waals surface area contributed by atoms with Crippen molar-refractivity contribution in [3.05, 3.63) is 47.5 Å². The number of piperidine rings is 1.